The standard InChI is InChI=1S/C13H18N4O4/c14-12-7-10(11(8-15-12)17(20)21)13(19)16-5-1-3-9(16)4-2-6-18/h7-9,18H,1-6H2,(H2,14,15). The fourth-order valence-corrected chi connectivity index (χ4v) is 2.67. The van der Waals surface area contributed by atoms with E-state index in [1.54, 1.807) is 4.90 Å². The molecule has 2 rings (SSSR count). The monoisotopic (exact) mass is 294 g/mol. The van der Waals surface area contributed by atoms with Crippen LogP contribution in [0.1, 0.15) is 36.0 Å². The molecule has 0 radical (unpaired) electrons. The number of nitro groups is 1. The topological polar surface area (TPSA) is 123 Å². The van der Waals surface area contributed by atoms with Crippen molar-refractivity contribution < 1.29 is 14.8 Å². The predicted octanol–water partition coefficient (Wildman–Crippen LogP) is 0.949. The van der Waals surface area contributed by atoms with Crippen LogP contribution in [0.4, 0.5) is 11.5 Å². The van der Waals surface area contributed by atoms with Gasteiger partial charge in [-0.05, 0) is 31.7 Å². The van der Waals surface area contributed by atoms with Gasteiger partial charge in [-0.1, -0.05) is 0 Å². The van der Waals surface area contributed by atoms with Crippen molar-refractivity contribution in [1.82, 2.24) is 9.88 Å². The molecule has 1 aromatic heterocycles. The van der Waals surface area contributed by atoms with Crippen molar-refractivity contribution in [3.05, 3.63) is 27.9 Å². The third-order valence-electron chi connectivity index (χ3n) is 3.66. The summed E-state index contributed by atoms with van der Waals surface area (Å²) in [6.45, 7) is 0.634. The molecule has 1 fully saturated rings. The van der Waals surface area contributed by atoms with Crippen LogP contribution in [0.15, 0.2) is 12.3 Å². The Hall–Kier alpha value is -2.22. The van der Waals surface area contributed by atoms with Gasteiger partial charge in [0.25, 0.3) is 11.6 Å². The molecule has 2 heterocycles. The van der Waals surface area contributed by atoms with Crippen LogP contribution in [-0.4, -0.2) is 45.0 Å². The van der Waals surface area contributed by atoms with Gasteiger partial charge >= 0.3 is 0 Å². The Balaban J connectivity index is 2.26. The first-order valence-corrected chi connectivity index (χ1v) is 6.86. The van der Waals surface area contributed by atoms with Crippen LogP contribution in [0.25, 0.3) is 0 Å². The van der Waals surface area contributed by atoms with Crippen LogP contribution in [0.5, 0.6) is 0 Å². The molecule has 1 unspecified atom stereocenters. The molecular weight excluding hydrogens is 276 g/mol. The highest BCUT2D eigenvalue weighted by atomic mass is 16.6. The molecule has 114 valence electrons. The van der Waals surface area contributed by atoms with E-state index in [9.17, 15) is 14.9 Å². The number of rotatable bonds is 5. The third-order valence-corrected chi connectivity index (χ3v) is 3.66. The van der Waals surface area contributed by atoms with E-state index in [1.165, 1.54) is 6.07 Å². The Morgan fingerprint density at radius 3 is 3.05 bits per heavy atom. The highest BCUT2D eigenvalue weighted by molar-refractivity contribution is 5.99. The summed E-state index contributed by atoms with van der Waals surface area (Å²) >= 11 is 0. The third kappa shape index (κ3) is 3.27. The number of likely N-dealkylation sites (tertiary alicyclic amines) is 1. The van der Waals surface area contributed by atoms with Crippen LogP contribution in [0.2, 0.25) is 0 Å². The molecule has 1 saturated heterocycles. The maximum Gasteiger partial charge on any atom is 0.300 e. The van der Waals surface area contributed by atoms with Gasteiger partial charge in [0.2, 0.25) is 0 Å². The summed E-state index contributed by atoms with van der Waals surface area (Å²) in [7, 11) is 0. The number of carbonyl (C=O) groups excluding carboxylic acids is 1. The quantitative estimate of drug-likeness (QED) is 0.615. The van der Waals surface area contributed by atoms with Crippen molar-refractivity contribution in [2.24, 2.45) is 0 Å². The maximum atomic E-state index is 12.6. The highest BCUT2D eigenvalue weighted by Gasteiger charge is 2.32. The van der Waals surface area contributed by atoms with Crippen molar-refractivity contribution in [1.29, 1.82) is 0 Å². The molecule has 1 aliphatic heterocycles. The molecule has 1 amide bonds. The van der Waals surface area contributed by atoms with E-state index in [0.29, 0.717) is 19.4 Å². The second-order valence-corrected chi connectivity index (χ2v) is 5.04. The zero-order valence-corrected chi connectivity index (χ0v) is 11.6. The molecule has 0 spiro atoms. The zero-order chi connectivity index (χ0) is 15.4. The minimum atomic E-state index is -0.627. The average molecular weight is 294 g/mol. The second-order valence-electron chi connectivity index (χ2n) is 5.04. The van der Waals surface area contributed by atoms with Gasteiger partial charge in [0.15, 0.2) is 0 Å². The number of amides is 1. The van der Waals surface area contributed by atoms with Crippen LogP contribution >= 0.6 is 0 Å². The fraction of sp³-hybridized carbons (Fsp3) is 0.538. The second kappa shape index (κ2) is 6.49. The number of aliphatic hydroxyl groups is 1. The number of aromatic nitrogens is 1. The van der Waals surface area contributed by atoms with Crippen molar-refractivity contribution in [2.45, 2.75) is 31.7 Å². The largest absolute Gasteiger partial charge is 0.396 e. The maximum absolute atomic E-state index is 12.6. The van der Waals surface area contributed by atoms with Crippen LogP contribution in [-0.2, 0) is 0 Å². The van der Waals surface area contributed by atoms with Gasteiger partial charge in [-0.3, -0.25) is 14.9 Å². The summed E-state index contributed by atoms with van der Waals surface area (Å²) in [6.07, 6.45) is 4.02. The summed E-state index contributed by atoms with van der Waals surface area (Å²) < 4.78 is 0. The van der Waals surface area contributed by atoms with Gasteiger partial charge in [0, 0.05) is 19.2 Å². The number of hydrogen-bond donors (Lipinski definition) is 2. The summed E-state index contributed by atoms with van der Waals surface area (Å²) in [5.41, 5.74) is 5.19. The lowest BCUT2D eigenvalue weighted by atomic mass is 10.1. The zero-order valence-electron chi connectivity index (χ0n) is 11.6. The first-order valence-electron chi connectivity index (χ1n) is 6.86. The highest BCUT2D eigenvalue weighted by Crippen LogP contribution is 2.27. The van der Waals surface area contributed by atoms with Gasteiger partial charge in [0.1, 0.15) is 17.6 Å². The number of pyridine rings is 1. The van der Waals surface area contributed by atoms with Gasteiger partial charge in [-0.2, -0.15) is 0 Å². The minimum Gasteiger partial charge on any atom is -0.396 e. The summed E-state index contributed by atoms with van der Waals surface area (Å²) in [4.78, 5) is 28.3. The molecule has 0 saturated carbocycles. The number of nitrogens with zero attached hydrogens (tertiary/aromatic N) is 3. The van der Waals surface area contributed by atoms with Crippen LogP contribution < -0.4 is 5.73 Å². The van der Waals surface area contributed by atoms with E-state index in [0.717, 1.165) is 19.0 Å². The Bertz CT molecular complexity index is 549. The van der Waals surface area contributed by atoms with Gasteiger partial charge < -0.3 is 15.7 Å². The van der Waals surface area contributed by atoms with Crippen LogP contribution in [0, 0.1) is 10.1 Å². The first kappa shape index (κ1) is 15.2. The Kier molecular flexibility index (Phi) is 4.69. The number of nitrogen functional groups attached to an aromatic ring is 1. The molecule has 8 heteroatoms. The van der Waals surface area contributed by atoms with E-state index >= 15 is 0 Å². The predicted molar refractivity (Wildman–Crippen MR) is 75.7 cm³/mol. The van der Waals surface area contributed by atoms with Crippen LogP contribution in [0.3, 0.4) is 0 Å². The van der Waals surface area contributed by atoms with Gasteiger partial charge in [-0.25, -0.2) is 4.98 Å². The lowest BCUT2D eigenvalue weighted by Gasteiger charge is -2.24. The lowest BCUT2D eigenvalue weighted by molar-refractivity contribution is -0.385. The Labute approximate surface area is 121 Å². The average Bonchev–Trinajstić information content (AvgIpc) is 2.92. The van der Waals surface area contributed by atoms with Crippen molar-refractivity contribution >= 4 is 17.4 Å². The molecule has 21 heavy (non-hydrogen) atoms. The van der Waals surface area contributed by atoms with E-state index in [-0.39, 0.29) is 29.7 Å². The van der Waals surface area contributed by atoms with E-state index in [4.69, 9.17) is 10.8 Å². The fourth-order valence-electron chi connectivity index (χ4n) is 2.67. The molecule has 0 aliphatic carbocycles. The number of nitrogens with two attached hydrogens (primary N) is 1. The number of anilines is 1. The number of carbonyl (C=O) groups is 1. The first-order chi connectivity index (χ1) is 10.0. The molecule has 1 atom stereocenters. The summed E-state index contributed by atoms with van der Waals surface area (Å²) in [5.74, 6) is -0.314. The SMILES string of the molecule is Nc1cc(C(=O)N2CCCC2CCCO)c([N+](=O)[O-])cn1. The van der Waals surface area contributed by atoms with Crippen molar-refractivity contribution in [2.75, 3.05) is 18.9 Å². The minimum absolute atomic E-state index is 0.0126. The molecule has 3 N–H and O–H groups in total. The van der Waals surface area contributed by atoms with E-state index < -0.39 is 10.8 Å². The van der Waals surface area contributed by atoms with Crippen molar-refractivity contribution in [3.8, 4) is 0 Å². The molecule has 1 aliphatic rings. The van der Waals surface area contributed by atoms with Gasteiger partial charge in [0.05, 0.1) is 4.92 Å². The Morgan fingerprint density at radius 1 is 1.62 bits per heavy atom. The summed E-state index contributed by atoms with van der Waals surface area (Å²) in [5, 5.41) is 19.9. The summed E-state index contributed by atoms with van der Waals surface area (Å²) in [6, 6.07) is 1.26. The van der Waals surface area contributed by atoms with Crippen molar-refractivity contribution in [3.63, 3.8) is 0 Å². The van der Waals surface area contributed by atoms with E-state index in [1.807, 2.05) is 0 Å². The number of hydrogen-bond acceptors (Lipinski definition) is 6. The molecule has 0 bridgehead atoms. The molecule has 0 aromatic carbocycles. The van der Waals surface area contributed by atoms with Gasteiger partial charge in [-0.15, -0.1) is 0 Å². The smallest absolute Gasteiger partial charge is 0.300 e. The number of aliphatic hydroxyl groups excluding tert-OH is 1. The molecule has 8 nitrogen and oxygen atoms in total. The normalized spacial score (nSPS) is 18.0. The Morgan fingerprint density at radius 2 is 2.38 bits per heavy atom. The van der Waals surface area contributed by atoms with E-state index in [2.05, 4.69) is 4.98 Å². The molecule has 1 aromatic rings. The lowest BCUT2D eigenvalue weighted by Crippen LogP contribution is -2.36. The molecular formula is C13H18N4O4.